The van der Waals surface area contributed by atoms with Gasteiger partial charge in [0.25, 0.3) is 11.8 Å². The minimum Gasteiger partial charge on any atom is -0.389 e. The Hall–Kier alpha value is -4.96. The van der Waals surface area contributed by atoms with Gasteiger partial charge in [0.2, 0.25) is 0 Å². The molecule has 4 aromatic rings. The lowest BCUT2D eigenvalue weighted by Crippen LogP contribution is -2.55. The summed E-state index contributed by atoms with van der Waals surface area (Å²) in [7, 11) is 0. The molecule has 45 heavy (non-hydrogen) atoms. The molecule has 0 radical (unpaired) electrons. The first-order valence-corrected chi connectivity index (χ1v) is 14.5. The van der Waals surface area contributed by atoms with E-state index in [-0.39, 0.29) is 32.8 Å². The van der Waals surface area contributed by atoms with Gasteiger partial charge in [-0.05, 0) is 52.0 Å². The van der Waals surface area contributed by atoms with Crippen molar-refractivity contribution in [1.82, 2.24) is 49.6 Å². The summed E-state index contributed by atoms with van der Waals surface area (Å²) in [5, 5.41) is 37.9. The van der Waals surface area contributed by atoms with Gasteiger partial charge in [0.1, 0.15) is 28.8 Å². The van der Waals surface area contributed by atoms with E-state index in [0.29, 0.717) is 22.1 Å². The number of benzene rings is 2. The number of hydrogen-bond acceptors (Lipinski definition) is 10. The van der Waals surface area contributed by atoms with Crippen LogP contribution in [0.2, 0.25) is 0 Å². The second kappa shape index (κ2) is 10.9. The van der Waals surface area contributed by atoms with E-state index < -0.39 is 47.2 Å². The number of β-amino-alcohol motifs (C(OH)–C–C–N with tert-alkyl or cyclic N) is 2. The average molecular weight is 619 g/mol. The molecule has 0 saturated carbocycles. The lowest BCUT2D eigenvalue weighted by atomic mass is 10.0. The van der Waals surface area contributed by atoms with Gasteiger partial charge in [-0.1, -0.05) is 34.7 Å². The zero-order valence-electron chi connectivity index (χ0n) is 25.3. The van der Waals surface area contributed by atoms with Crippen molar-refractivity contribution in [1.29, 1.82) is 0 Å². The van der Waals surface area contributed by atoms with Gasteiger partial charge in [-0.2, -0.15) is 0 Å². The molecule has 2 aliphatic heterocycles. The van der Waals surface area contributed by atoms with E-state index in [1.54, 1.807) is 52.0 Å². The van der Waals surface area contributed by atoms with Crippen molar-refractivity contribution in [3.63, 3.8) is 0 Å². The van der Waals surface area contributed by atoms with E-state index >= 15 is 0 Å². The molecule has 236 valence electrons. The number of nitrogens with zero attached hydrogens (tertiary/aromatic N) is 10. The van der Waals surface area contributed by atoms with E-state index in [2.05, 4.69) is 20.6 Å². The van der Waals surface area contributed by atoms with E-state index in [1.165, 1.54) is 19.2 Å². The standard InChI is InChI=1S/C29H34N10O6/c1-28(2)24(42)34(13-18(40)15-38-22-11-7-5-9-20(22)30-32-38)26(44)36(28)17-37-27(45)35(25(43)29(37,3)4)14-19(41)16-39-23-12-8-6-10-21(23)31-33-39/h5-12,18-19,40-41H,13-17H2,1-4H3/t18-,19-/m0/s1. The van der Waals surface area contributed by atoms with Crippen molar-refractivity contribution in [2.24, 2.45) is 0 Å². The SMILES string of the molecule is CC1(C)C(=O)N(C[C@H](O)Cn2nnc3ccccc32)C(=O)N1CN1C(=O)N(C[C@H](O)Cn2nnc3ccccc32)C(=O)C1(C)C. The molecule has 2 aromatic carbocycles. The minimum atomic E-state index is -1.38. The molecular weight excluding hydrogens is 584 g/mol. The van der Waals surface area contributed by atoms with E-state index in [0.717, 1.165) is 9.80 Å². The summed E-state index contributed by atoms with van der Waals surface area (Å²) in [6.45, 7) is 5.18. The Kier molecular flexibility index (Phi) is 7.28. The number of carbonyl (C=O) groups excluding carboxylic acids is 4. The maximum atomic E-state index is 13.6. The second-order valence-electron chi connectivity index (χ2n) is 12.3. The zero-order valence-corrected chi connectivity index (χ0v) is 25.3. The van der Waals surface area contributed by atoms with Crippen molar-refractivity contribution < 1.29 is 29.4 Å². The van der Waals surface area contributed by atoms with Crippen LogP contribution >= 0.6 is 0 Å². The van der Waals surface area contributed by atoms with Gasteiger partial charge in [-0.3, -0.25) is 29.2 Å². The molecule has 2 atom stereocenters. The van der Waals surface area contributed by atoms with Crippen LogP contribution in [0, 0.1) is 0 Å². The monoisotopic (exact) mass is 618 g/mol. The van der Waals surface area contributed by atoms with E-state index in [9.17, 15) is 29.4 Å². The van der Waals surface area contributed by atoms with Crippen LogP contribution in [0.25, 0.3) is 22.1 Å². The van der Waals surface area contributed by atoms with Crippen molar-refractivity contribution >= 4 is 45.9 Å². The number of aromatic nitrogens is 6. The molecule has 0 aliphatic carbocycles. The van der Waals surface area contributed by atoms with Crippen molar-refractivity contribution in [2.75, 3.05) is 19.8 Å². The van der Waals surface area contributed by atoms with Gasteiger partial charge in [-0.15, -0.1) is 10.2 Å². The van der Waals surface area contributed by atoms with Crippen LogP contribution in [0.15, 0.2) is 48.5 Å². The van der Waals surface area contributed by atoms with Crippen LogP contribution in [-0.2, 0) is 22.7 Å². The number of para-hydroxylation sites is 2. The summed E-state index contributed by atoms with van der Waals surface area (Å²) >= 11 is 0. The molecule has 6 rings (SSSR count). The number of carbonyl (C=O) groups is 4. The van der Waals surface area contributed by atoms with Gasteiger partial charge in [0.05, 0.1) is 49.4 Å². The zero-order chi connectivity index (χ0) is 32.3. The van der Waals surface area contributed by atoms with Crippen LogP contribution in [0.4, 0.5) is 9.59 Å². The van der Waals surface area contributed by atoms with Crippen LogP contribution in [0.5, 0.6) is 0 Å². The predicted octanol–water partition coefficient (Wildman–Crippen LogP) is 0.641. The molecule has 2 aliphatic rings. The van der Waals surface area contributed by atoms with Gasteiger partial charge >= 0.3 is 12.1 Å². The molecule has 6 amide bonds. The maximum Gasteiger partial charge on any atom is 0.329 e. The highest BCUT2D eigenvalue weighted by Gasteiger charge is 2.57. The Morgan fingerprint density at radius 3 is 1.40 bits per heavy atom. The summed E-state index contributed by atoms with van der Waals surface area (Å²) in [6.07, 6.45) is -2.30. The highest BCUT2D eigenvalue weighted by molar-refractivity contribution is 6.08. The maximum absolute atomic E-state index is 13.6. The molecule has 2 fully saturated rings. The summed E-state index contributed by atoms with van der Waals surface area (Å²) in [6, 6.07) is 13.0. The number of fused-ring (bicyclic) bond motifs is 2. The summed E-state index contributed by atoms with van der Waals surface area (Å²) in [5.41, 5.74) is -0.0748. The quantitative estimate of drug-likeness (QED) is 0.239. The molecular formula is C29H34N10O6. The fourth-order valence-electron chi connectivity index (χ4n) is 5.81. The number of aliphatic hydroxyl groups excluding tert-OH is 2. The highest BCUT2D eigenvalue weighted by atomic mass is 16.3. The second-order valence-corrected chi connectivity index (χ2v) is 12.3. The van der Waals surface area contributed by atoms with Crippen LogP contribution < -0.4 is 0 Å². The fraction of sp³-hybridized carbons (Fsp3) is 0.448. The third-order valence-corrected chi connectivity index (χ3v) is 8.49. The number of urea groups is 2. The highest BCUT2D eigenvalue weighted by Crippen LogP contribution is 2.33. The average Bonchev–Trinajstić information content (AvgIpc) is 3.68. The molecule has 16 heteroatoms. The summed E-state index contributed by atoms with van der Waals surface area (Å²) in [4.78, 5) is 58.4. The number of amides is 6. The molecule has 4 heterocycles. The summed E-state index contributed by atoms with van der Waals surface area (Å²) in [5.74, 6) is -1.11. The lowest BCUT2D eigenvalue weighted by Gasteiger charge is -2.36. The van der Waals surface area contributed by atoms with Gasteiger partial charge < -0.3 is 10.2 Å². The van der Waals surface area contributed by atoms with Crippen LogP contribution in [0.1, 0.15) is 27.7 Å². The lowest BCUT2D eigenvalue weighted by molar-refractivity contribution is -0.134. The van der Waals surface area contributed by atoms with Crippen molar-refractivity contribution in [3.05, 3.63) is 48.5 Å². The number of aliphatic hydroxyl groups is 2. The molecule has 2 N–H and O–H groups in total. The van der Waals surface area contributed by atoms with Gasteiger partial charge in [0, 0.05) is 0 Å². The first-order chi connectivity index (χ1) is 21.3. The fourth-order valence-corrected chi connectivity index (χ4v) is 5.81. The van der Waals surface area contributed by atoms with Gasteiger partial charge in [-0.25, -0.2) is 19.0 Å². The first kappa shape index (κ1) is 30.1. The third-order valence-electron chi connectivity index (χ3n) is 8.49. The van der Waals surface area contributed by atoms with E-state index in [1.807, 2.05) is 24.3 Å². The number of hydrogen-bond donors (Lipinski definition) is 2. The molecule has 0 unspecified atom stereocenters. The third kappa shape index (κ3) is 5.04. The predicted molar refractivity (Wildman–Crippen MR) is 158 cm³/mol. The van der Waals surface area contributed by atoms with Gasteiger partial charge in [0.15, 0.2) is 0 Å². The van der Waals surface area contributed by atoms with Crippen molar-refractivity contribution in [2.45, 2.75) is 64.1 Å². The number of imide groups is 2. The molecule has 16 nitrogen and oxygen atoms in total. The Labute approximate surface area is 257 Å². The Balaban J connectivity index is 1.14. The van der Waals surface area contributed by atoms with E-state index in [4.69, 9.17) is 0 Å². The Morgan fingerprint density at radius 2 is 1.00 bits per heavy atom. The molecule has 2 aromatic heterocycles. The Morgan fingerprint density at radius 1 is 0.622 bits per heavy atom. The smallest absolute Gasteiger partial charge is 0.329 e. The first-order valence-electron chi connectivity index (χ1n) is 14.5. The summed E-state index contributed by atoms with van der Waals surface area (Å²) < 4.78 is 3.00. The topological polar surface area (TPSA) is 183 Å². The minimum absolute atomic E-state index is 0.00812. The molecule has 0 spiro atoms. The normalized spacial score (nSPS) is 19.5. The largest absolute Gasteiger partial charge is 0.389 e. The number of rotatable bonds is 10. The molecule has 2 saturated heterocycles. The molecule has 0 bridgehead atoms. The van der Waals surface area contributed by atoms with Crippen LogP contribution in [-0.4, -0.2) is 127 Å². The van der Waals surface area contributed by atoms with Crippen LogP contribution in [0.3, 0.4) is 0 Å². The Bertz CT molecular complexity index is 1680. The van der Waals surface area contributed by atoms with Crippen molar-refractivity contribution in [3.8, 4) is 0 Å².